The van der Waals surface area contributed by atoms with Crippen LogP contribution in [-0.2, 0) is 4.79 Å². The Morgan fingerprint density at radius 3 is 2.15 bits per heavy atom. The summed E-state index contributed by atoms with van der Waals surface area (Å²) in [5.74, 6) is 0.126. The number of hydrogen-bond acceptors (Lipinski definition) is 2. The van der Waals surface area contributed by atoms with Gasteiger partial charge in [0, 0.05) is 17.7 Å². The van der Waals surface area contributed by atoms with E-state index in [1.807, 2.05) is 55.5 Å². The summed E-state index contributed by atoms with van der Waals surface area (Å²) in [6, 6.07) is 20.2. The van der Waals surface area contributed by atoms with Crippen molar-refractivity contribution in [1.82, 2.24) is 5.32 Å². The monoisotopic (exact) mass is 263 g/mol. The van der Waals surface area contributed by atoms with Crippen LogP contribution in [0.25, 0.3) is 5.70 Å². The van der Waals surface area contributed by atoms with Crippen molar-refractivity contribution in [3.8, 4) is 0 Å². The summed E-state index contributed by atoms with van der Waals surface area (Å²) in [6.07, 6.45) is 1.72. The van der Waals surface area contributed by atoms with Gasteiger partial charge >= 0.3 is 0 Å². The molecule has 0 saturated heterocycles. The quantitative estimate of drug-likeness (QED) is 0.897. The first-order chi connectivity index (χ1) is 9.75. The summed E-state index contributed by atoms with van der Waals surface area (Å²) < 4.78 is 0. The smallest absolute Gasteiger partial charge is 0.162 e. The Bertz CT molecular complexity index is 631. The van der Waals surface area contributed by atoms with Crippen molar-refractivity contribution >= 4 is 11.5 Å². The van der Waals surface area contributed by atoms with E-state index in [1.54, 1.807) is 6.08 Å². The van der Waals surface area contributed by atoms with Crippen molar-refractivity contribution in [3.05, 3.63) is 77.9 Å². The number of nitrogens with one attached hydrogen (secondary N) is 1. The molecule has 2 nitrogen and oxygen atoms in total. The van der Waals surface area contributed by atoms with E-state index in [-0.39, 0.29) is 17.7 Å². The minimum Gasteiger partial charge on any atom is -0.377 e. The van der Waals surface area contributed by atoms with Gasteiger partial charge in [0.15, 0.2) is 5.78 Å². The Balaban J connectivity index is 1.96. The third-order valence-electron chi connectivity index (χ3n) is 3.79. The fourth-order valence-electron chi connectivity index (χ4n) is 2.59. The van der Waals surface area contributed by atoms with Crippen LogP contribution in [0.1, 0.15) is 24.1 Å². The fraction of sp³-hybridized carbons (Fsp3) is 0.167. The van der Waals surface area contributed by atoms with Crippen LogP contribution in [-0.4, -0.2) is 5.78 Å². The molecule has 1 aliphatic heterocycles. The Morgan fingerprint density at radius 1 is 0.900 bits per heavy atom. The number of rotatable bonds is 2. The molecule has 0 aromatic heterocycles. The molecule has 1 heterocycles. The van der Waals surface area contributed by atoms with Gasteiger partial charge in [-0.2, -0.15) is 0 Å². The van der Waals surface area contributed by atoms with Gasteiger partial charge in [-0.3, -0.25) is 4.79 Å². The van der Waals surface area contributed by atoms with Gasteiger partial charge in [-0.1, -0.05) is 67.6 Å². The molecule has 100 valence electrons. The van der Waals surface area contributed by atoms with Crippen LogP contribution in [0.15, 0.2) is 66.7 Å². The van der Waals surface area contributed by atoms with Crippen LogP contribution in [0, 0.1) is 5.92 Å². The van der Waals surface area contributed by atoms with E-state index in [0.717, 1.165) is 16.8 Å². The highest BCUT2D eigenvalue weighted by Gasteiger charge is 2.29. The predicted molar refractivity (Wildman–Crippen MR) is 80.9 cm³/mol. The van der Waals surface area contributed by atoms with E-state index in [9.17, 15) is 4.79 Å². The first-order valence-electron chi connectivity index (χ1n) is 6.88. The van der Waals surface area contributed by atoms with E-state index in [1.165, 1.54) is 0 Å². The Kier molecular flexibility index (Phi) is 3.38. The maximum atomic E-state index is 12.2. The molecule has 0 saturated carbocycles. The molecule has 20 heavy (non-hydrogen) atoms. The lowest BCUT2D eigenvalue weighted by molar-refractivity contribution is -0.118. The summed E-state index contributed by atoms with van der Waals surface area (Å²) in [4.78, 5) is 12.2. The van der Waals surface area contributed by atoms with Crippen LogP contribution in [0.2, 0.25) is 0 Å². The summed E-state index contributed by atoms with van der Waals surface area (Å²) in [7, 11) is 0. The summed E-state index contributed by atoms with van der Waals surface area (Å²) in [5, 5.41) is 3.51. The second-order valence-electron chi connectivity index (χ2n) is 5.15. The lowest BCUT2D eigenvalue weighted by Crippen LogP contribution is -2.34. The van der Waals surface area contributed by atoms with Gasteiger partial charge < -0.3 is 5.32 Å². The van der Waals surface area contributed by atoms with Crippen molar-refractivity contribution in [2.45, 2.75) is 13.0 Å². The fourth-order valence-corrected chi connectivity index (χ4v) is 2.59. The van der Waals surface area contributed by atoms with Crippen molar-refractivity contribution in [2.24, 2.45) is 5.92 Å². The van der Waals surface area contributed by atoms with Gasteiger partial charge in [0.25, 0.3) is 0 Å². The largest absolute Gasteiger partial charge is 0.377 e. The molecule has 0 radical (unpaired) electrons. The van der Waals surface area contributed by atoms with Gasteiger partial charge in [-0.05, 0) is 11.1 Å². The molecule has 0 amide bonds. The SMILES string of the molecule is C[C@@H]1C(=O)C=C(c2ccccc2)N[C@H]1c1ccccc1. The van der Waals surface area contributed by atoms with Crippen LogP contribution in [0.4, 0.5) is 0 Å². The third kappa shape index (κ3) is 2.37. The molecule has 0 aliphatic carbocycles. The van der Waals surface area contributed by atoms with Crippen molar-refractivity contribution in [2.75, 3.05) is 0 Å². The normalized spacial score (nSPS) is 22.1. The second kappa shape index (κ2) is 5.33. The first kappa shape index (κ1) is 12.7. The molecule has 1 N–H and O–H groups in total. The van der Waals surface area contributed by atoms with Crippen LogP contribution >= 0.6 is 0 Å². The Morgan fingerprint density at radius 2 is 1.50 bits per heavy atom. The maximum absolute atomic E-state index is 12.2. The summed E-state index contributed by atoms with van der Waals surface area (Å²) in [5.41, 5.74) is 3.10. The summed E-state index contributed by atoms with van der Waals surface area (Å²) in [6.45, 7) is 1.98. The highest BCUT2D eigenvalue weighted by Crippen LogP contribution is 2.30. The zero-order valence-electron chi connectivity index (χ0n) is 11.4. The average Bonchev–Trinajstić information content (AvgIpc) is 2.51. The van der Waals surface area contributed by atoms with Crippen molar-refractivity contribution in [1.29, 1.82) is 0 Å². The molecular weight excluding hydrogens is 246 g/mol. The van der Waals surface area contributed by atoms with E-state index in [4.69, 9.17) is 0 Å². The van der Waals surface area contributed by atoms with Crippen molar-refractivity contribution < 1.29 is 4.79 Å². The number of hydrogen-bond donors (Lipinski definition) is 1. The van der Waals surface area contributed by atoms with E-state index >= 15 is 0 Å². The van der Waals surface area contributed by atoms with Gasteiger partial charge in [0.1, 0.15) is 0 Å². The Labute approximate surface area is 119 Å². The molecule has 3 rings (SSSR count). The van der Waals surface area contributed by atoms with Crippen molar-refractivity contribution in [3.63, 3.8) is 0 Å². The highest BCUT2D eigenvalue weighted by atomic mass is 16.1. The zero-order valence-corrected chi connectivity index (χ0v) is 11.4. The minimum atomic E-state index is -0.0511. The molecule has 1 aliphatic rings. The number of benzene rings is 2. The lowest BCUT2D eigenvalue weighted by atomic mass is 9.87. The molecular formula is C18H17NO. The van der Waals surface area contributed by atoms with E-state index < -0.39 is 0 Å². The molecule has 2 aromatic carbocycles. The molecule has 0 bridgehead atoms. The number of carbonyl (C=O) groups is 1. The minimum absolute atomic E-state index is 0.0314. The summed E-state index contributed by atoms with van der Waals surface area (Å²) >= 11 is 0. The molecule has 0 unspecified atom stereocenters. The topological polar surface area (TPSA) is 29.1 Å². The second-order valence-corrected chi connectivity index (χ2v) is 5.15. The van der Waals surface area contributed by atoms with Crippen LogP contribution in [0.3, 0.4) is 0 Å². The average molecular weight is 263 g/mol. The maximum Gasteiger partial charge on any atom is 0.162 e. The lowest BCUT2D eigenvalue weighted by Gasteiger charge is -2.30. The molecule has 0 fully saturated rings. The first-order valence-corrected chi connectivity index (χ1v) is 6.88. The van der Waals surface area contributed by atoms with Crippen LogP contribution in [0.5, 0.6) is 0 Å². The van der Waals surface area contributed by atoms with E-state index in [2.05, 4.69) is 17.4 Å². The number of ketones is 1. The zero-order chi connectivity index (χ0) is 13.9. The van der Waals surface area contributed by atoms with Gasteiger partial charge in [-0.15, -0.1) is 0 Å². The van der Waals surface area contributed by atoms with E-state index in [0.29, 0.717) is 0 Å². The molecule has 0 spiro atoms. The third-order valence-corrected chi connectivity index (χ3v) is 3.79. The number of carbonyl (C=O) groups excluding carboxylic acids is 1. The molecule has 2 atom stereocenters. The number of allylic oxidation sites excluding steroid dienone is 1. The van der Waals surface area contributed by atoms with Gasteiger partial charge in [0.05, 0.1) is 6.04 Å². The van der Waals surface area contributed by atoms with Gasteiger partial charge in [0.2, 0.25) is 0 Å². The standard InChI is InChI=1S/C18H17NO/c1-13-17(20)12-16(14-8-4-2-5-9-14)19-18(13)15-10-6-3-7-11-15/h2-13,18-19H,1H3/t13-,18-/m1/s1. The van der Waals surface area contributed by atoms with Gasteiger partial charge in [-0.25, -0.2) is 0 Å². The van der Waals surface area contributed by atoms with Crippen LogP contribution < -0.4 is 5.32 Å². The highest BCUT2D eigenvalue weighted by molar-refractivity contribution is 6.00. The molecule has 2 aromatic rings. The Hall–Kier alpha value is -2.35. The molecule has 2 heteroatoms. The predicted octanol–water partition coefficient (Wildman–Crippen LogP) is 3.58.